The summed E-state index contributed by atoms with van der Waals surface area (Å²) in [5.74, 6) is 2.15. The van der Waals surface area contributed by atoms with E-state index < -0.39 is 0 Å². The van der Waals surface area contributed by atoms with Gasteiger partial charge in [-0.3, -0.25) is 0 Å². The number of ether oxygens (including phenoxy) is 1. The fraction of sp³-hybridized carbons (Fsp3) is 0.312. The van der Waals surface area contributed by atoms with Crippen LogP contribution in [-0.2, 0) is 12.3 Å². The van der Waals surface area contributed by atoms with Crippen LogP contribution in [0.15, 0.2) is 35.0 Å². The van der Waals surface area contributed by atoms with Crippen LogP contribution in [-0.4, -0.2) is 16.7 Å². The van der Waals surface area contributed by atoms with E-state index in [4.69, 9.17) is 16.3 Å². The van der Waals surface area contributed by atoms with Gasteiger partial charge in [0.15, 0.2) is 0 Å². The molecule has 0 N–H and O–H groups in total. The van der Waals surface area contributed by atoms with E-state index in [0.717, 1.165) is 29.0 Å². The summed E-state index contributed by atoms with van der Waals surface area (Å²) in [6.45, 7) is 2.20. The molecule has 0 spiro atoms. The zero-order valence-electron chi connectivity index (χ0n) is 12.0. The molecule has 0 bridgehead atoms. The maximum absolute atomic E-state index is 6.09. The fourth-order valence-electron chi connectivity index (χ4n) is 2.68. The van der Waals surface area contributed by atoms with Gasteiger partial charge in [-0.15, -0.1) is 11.6 Å². The third kappa shape index (κ3) is 2.78. The fourth-order valence-corrected chi connectivity index (χ4v) is 3.55. The van der Waals surface area contributed by atoms with Crippen molar-refractivity contribution >= 4 is 34.0 Å². The lowest BCUT2D eigenvalue weighted by Crippen LogP contribution is -2.11. The molecular formula is C16H17ClN2OS. The average molecular weight is 321 g/mol. The van der Waals surface area contributed by atoms with Crippen LogP contribution in [0.1, 0.15) is 24.4 Å². The molecule has 5 heteroatoms. The predicted octanol–water partition coefficient (Wildman–Crippen LogP) is 4.65. The van der Waals surface area contributed by atoms with Gasteiger partial charge in [-0.1, -0.05) is 0 Å². The van der Waals surface area contributed by atoms with Gasteiger partial charge in [0.2, 0.25) is 0 Å². The van der Waals surface area contributed by atoms with E-state index in [0.29, 0.717) is 11.9 Å². The second kappa shape index (κ2) is 6.08. The molecule has 0 saturated heterocycles. The number of nitrogens with zero attached hydrogens (tertiary/aromatic N) is 2. The first kappa shape index (κ1) is 14.4. The number of thiophene rings is 1. The molecule has 3 rings (SSSR count). The second-order valence-corrected chi connectivity index (χ2v) is 6.12. The number of hydrogen-bond acceptors (Lipinski definition) is 3. The van der Waals surface area contributed by atoms with Gasteiger partial charge in [0.25, 0.3) is 0 Å². The van der Waals surface area contributed by atoms with Gasteiger partial charge in [-0.2, -0.15) is 11.3 Å². The molecule has 0 radical (unpaired) electrons. The molecular weight excluding hydrogens is 304 g/mol. The van der Waals surface area contributed by atoms with E-state index in [-0.39, 0.29) is 0 Å². The van der Waals surface area contributed by atoms with E-state index in [9.17, 15) is 0 Å². The third-order valence-electron chi connectivity index (χ3n) is 3.64. The highest BCUT2D eigenvalue weighted by Gasteiger charge is 2.16. The molecule has 110 valence electrons. The number of benzene rings is 1. The van der Waals surface area contributed by atoms with Crippen molar-refractivity contribution in [3.05, 3.63) is 46.4 Å². The van der Waals surface area contributed by atoms with Crippen LogP contribution in [0.2, 0.25) is 0 Å². The highest BCUT2D eigenvalue weighted by molar-refractivity contribution is 7.07. The van der Waals surface area contributed by atoms with Crippen LogP contribution in [0.25, 0.3) is 11.0 Å². The number of rotatable bonds is 5. The Morgan fingerprint density at radius 1 is 1.38 bits per heavy atom. The van der Waals surface area contributed by atoms with E-state index in [1.54, 1.807) is 18.4 Å². The summed E-state index contributed by atoms with van der Waals surface area (Å²) < 4.78 is 7.56. The van der Waals surface area contributed by atoms with Crippen LogP contribution in [0.5, 0.6) is 5.75 Å². The summed E-state index contributed by atoms with van der Waals surface area (Å²) in [5.41, 5.74) is 3.38. The standard InChI is InChI=1S/C16H17ClN2OS/c1-11(7-12-5-6-21-10-12)19-15-8-13(20-2)3-4-14(15)18-16(19)9-17/h3-6,8,10-11H,7,9H2,1-2H3. The summed E-state index contributed by atoms with van der Waals surface area (Å²) in [5, 5.41) is 4.30. The molecule has 2 heterocycles. The van der Waals surface area contributed by atoms with Crippen molar-refractivity contribution in [2.45, 2.75) is 25.3 Å². The molecule has 0 amide bonds. The minimum absolute atomic E-state index is 0.297. The van der Waals surface area contributed by atoms with Crippen molar-refractivity contribution in [2.75, 3.05) is 7.11 Å². The van der Waals surface area contributed by atoms with Crippen molar-refractivity contribution in [2.24, 2.45) is 0 Å². The lowest BCUT2D eigenvalue weighted by atomic mass is 10.1. The highest BCUT2D eigenvalue weighted by Crippen LogP contribution is 2.28. The van der Waals surface area contributed by atoms with Gasteiger partial charge in [-0.05, 0) is 47.9 Å². The van der Waals surface area contributed by atoms with Crippen molar-refractivity contribution in [1.82, 2.24) is 9.55 Å². The van der Waals surface area contributed by atoms with Crippen molar-refractivity contribution in [1.29, 1.82) is 0 Å². The smallest absolute Gasteiger partial charge is 0.125 e. The van der Waals surface area contributed by atoms with Crippen LogP contribution in [0, 0.1) is 0 Å². The second-order valence-electron chi connectivity index (χ2n) is 5.07. The first-order valence-electron chi connectivity index (χ1n) is 6.85. The Morgan fingerprint density at radius 3 is 2.90 bits per heavy atom. The van der Waals surface area contributed by atoms with Gasteiger partial charge < -0.3 is 9.30 Å². The Bertz CT molecular complexity index is 736. The summed E-state index contributed by atoms with van der Waals surface area (Å²) in [6.07, 6.45) is 0.968. The molecule has 0 aliphatic carbocycles. The Morgan fingerprint density at radius 2 is 2.24 bits per heavy atom. The third-order valence-corrected chi connectivity index (χ3v) is 4.61. The number of imidazole rings is 1. The number of halogens is 1. The molecule has 3 nitrogen and oxygen atoms in total. The number of fused-ring (bicyclic) bond motifs is 1. The molecule has 0 aliphatic heterocycles. The Labute approximate surface area is 133 Å². The Hall–Kier alpha value is -1.52. The lowest BCUT2D eigenvalue weighted by Gasteiger charge is -2.16. The van der Waals surface area contributed by atoms with E-state index in [1.165, 1.54) is 5.56 Å². The summed E-state index contributed by atoms with van der Waals surface area (Å²) in [4.78, 5) is 4.63. The first-order chi connectivity index (χ1) is 10.2. The number of alkyl halides is 1. The first-order valence-corrected chi connectivity index (χ1v) is 8.32. The molecule has 0 fully saturated rings. The maximum Gasteiger partial charge on any atom is 0.125 e. The van der Waals surface area contributed by atoms with Gasteiger partial charge in [0.05, 0.1) is 24.0 Å². The van der Waals surface area contributed by atoms with Gasteiger partial charge in [0, 0.05) is 12.1 Å². The summed E-state index contributed by atoms with van der Waals surface area (Å²) in [7, 11) is 1.68. The maximum atomic E-state index is 6.09. The highest BCUT2D eigenvalue weighted by atomic mass is 35.5. The molecule has 21 heavy (non-hydrogen) atoms. The molecule has 0 saturated carbocycles. The largest absolute Gasteiger partial charge is 0.497 e. The quantitative estimate of drug-likeness (QED) is 0.640. The van der Waals surface area contributed by atoms with Crippen molar-refractivity contribution < 1.29 is 4.74 Å². The SMILES string of the molecule is COc1ccc2nc(CCl)n(C(C)Cc3ccsc3)c2c1. The van der Waals surface area contributed by atoms with Crippen LogP contribution in [0.4, 0.5) is 0 Å². The van der Waals surface area contributed by atoms with Crippen molar-refractivity contribution in [3.8, 4) is 5.75 Å². The predicted molar refractivity (Wildman–Crippen MR) is 88.6 cm³/mol. The van der Waals surface area contributed by atoms with Gasteiger partial charge in [0.1, 0.15) is 11.6 Å². The number of hydrogen-bond donors (Lipinski definition) is 0. The topological polar surface area (TPSA) is 27.1 Å². The minimum atomic E-state index is 0.297. The molecule has 1 aromatic carbocycles. The summed E-state index contributed by atoms with van der Waals surface area (Å²) >= 11 is 7.82. The summed E-state index contributed by atoms with van der Waals surface area (Å²) in [6, 6.07) is 8.41. The van der Waals surface area contributed by atoms with Crippen molar-refractivity contribution in [3.63, 3.8) is 0 Å². The monoisotopic (exact) mass is 320 g/mol. The molecule has 1 unspecified atom stereocenters. The molecule has 2 aromatic heterocycles. The average Bonchev–Trinajstić information content (AvgIpc) is 3.12. The van der Waals surface area contributed by atoms with Crippen LogP contribution in [0.3, 0.4) is 0 Å². The van der Waals surface area contributed by atoms with E-state index in [2.05, 4.69) is 33.3 Å². The Balaban J connectivity index is 2.05. The number of aromatic nitrogens is 2. The van der Waals surface area contributed by atoms with Gasteiger partial charge >= 0.3 is 0 Å². The zero-order valence-corrected chi connectivity index (χ0v) is 13.6. The van der Waals surface area contributed by atoms with Crippen LogP contribution < -0.4 is 4.74 Å². The van der Waals surface area contributed by atoms with Crippen LogP contribution >= 0.6 is 22.9 Å². The zero-order chi connectivity index (χ0) is 14.8. The van der Waals surface area contributed by atoms with E-state index in [1.807, 2.05) is 18.2 Å². The van der Waals surface area contributed by atoms with E-state index >= 15 is 0 Å². The molecule has 1 atom stereocenters. The Kier molecular flexibility index (Phi) is 4.17. The molecule has 3 aromatic rings. The number of methoxy groups -OCH3 is 1. The molecule has 0 aliphatic rings. The van der Waals surface area contributed by atoms with Gasteiger partial charge in [-0.25, -0.2) is 4.98 Å². The minimum Gasteiger partial charge on any atom is -0.497 e. The normalized spacial score (nSPS) is 12.7. The lowest BCUT2D eigenvalue weighted by molar-refractivity contribution is 0.415.